The molecule has 2 heterocycles. The average Bonchev–Trinajstić information content (AvgIpc) is 3.29. The number of likely N-dealkylation sites (N-methyl/N-ethyl adjacent to an activating group) is 1. The van der Waals surface area contributed by atoms with Gasteiger partial charge in [-0.3, -0.25) is 4.99 Å². The minimum Gasteiger partial charge on any atom is -0.356 e. The first-order valence-electron chi connectivity index (χ1n) is 10.6. The van der Waals surface area contributed by atoms with Crippen LogP contribution in [0.3, 0.4) is 0 Å². The van der Waals surface area contributed by atoms with E-state index in [0.717, 1.165) is 12.5 Å². The zero-order valence-corrected chi connectivity index (χ0v) is 16.6. The highest BCUT2D eigenvalue weighted by molar-refractivity contribution is 5.80. The fraction of sp³-hybridized carbons (Fsp3) is 0.950. The summed E-state index contributed by atoms with van der Waals surface area (Å²) in [7, 11) is 1.94. The maximum atomic E-state index is 4.55. The van der Waals surface area contributed by atoms with Crippen LogP contribution in [0.5, 0.6) is 0 Å². The fourth-order valence-corrected chi connectivity index (χ4v) is 4.97. The Morgan fingerprint density at radius 3 is 2.36 bits per heavy atom. The normalized spacial score (nSPS) is 25.2. The van der Waals surface area contributed by atoms with Crippen LogP contribution in [0, 0.1) is 5.41 Å². The first kappa shape index (κ1) is 19.0. The van der Waals surface area contributed by atoms with Crippen molar-refractivity contribution in [2.75, 3.05) is 66.0 Å². The number of aliphatic imine (C=N–C) groups is 1. The van der Waals surface area contributed by atoms with E-state index < -0.39 is 0 Å². The second kappa shape index (κ2) is 9.22. The molecule has 1 aliphatic carbocycles. The van der Waals surface area contributed by atoms with Crippen molar-refractivity contribution in [3.8, 4) is 0 Å². The Labute approximate surface area is 154 Å². The van der Waals surface area contributed by atoms with Gasteiger partial charge < -0.3 is 20.0 Å². The highest BCUT2D eigenvalue weighted by Crippen LogP contribution is 2.45. The van der Waals surface area contributed by atoms with Crippen molar-refractivity contribution < 1.29 is 0 Å². The summed E-state index contributed by atoms with van der Waals surface area (Å²) >= 11 is 0. The predicted octanol–water partition coefficient (Wildman–Crippen LogP) is 2.25. The summed E-state index contributed by atoms with van der Waals surface area (Å²) in [6.45, 7) is 13.2. The number of nitrogens with zero attached hydrogens (tertiary/aromatic N) is 4. The molecule has 25 heavy (non-hydrogen) atoms. The van der Waals surface area contributed by atoms with Crippen LogP contribution < -0.4 is 5.32 Å². The summed E-state index contributed by atoms with van der Waals surface area (Å²) in [6.07, 6.45) is 9.65. The topological polar surface area (TPSA) is 34.1 Å². The van der Waals surface area contributed by atoms with Gasteiger partial charge in [0.2, 0.25) is 0 Å². The van der Waals surface area contributed by atoms with E-state index in [1.807, 2.05) is 7.05 Å². The lowest BCUT2D eigenvalue weighted by atomic mass is 9.86. The van der Waals surface area contributed by atoms with Crippen LogP contribution in [0.25, 0.3) is 0 Å². The second-order valence-corrected chi connectivity index (χ2v) is 8.34. The van der Waals surface area contributed by atoms with Crippen LogP contribution in [-0.4, -0.2) is 86.6 Å². The Morgan fingerprint density at radius 2 is 1.68 bits per heavy atom. The lowest BCUT2D eigenvalue weighted by Gasteiger charge is -2.34. The molecule has 3 rings (SSSR count). The predicted molar refractivity (Wildman–Crippen MR) is 106 cm³/mol. The maximum Gasteiger partial charge on any atom is 0.193 e. The van der Waals surface area contributed by atoms with Crippen LogP contribution in [0.4, 0.5) is 0 Å². The molecule has 0 unspecified atom stereocenters. The number of hydrogen-bond acceptors (Lipinski definition) is 3. The summed E-state index contributed by atoms with van der Waals surface area (Å²) in [5, 5.41) is 3.62. The van der Waals surface area contributed by atoms with Crippen LogP contribution in [-0.2, 0) is 0 Å². The van der Waals surface area contributed by atoms with E-state index in [0.29, 0.717) is 5.41 Å². The van der Waals surface area contributed by atoms with E-state index in [4.69, 9.17) is 0 Å². The molecular formula is C20H39N5. The largest absolute Gasteiger partial charge is 0.356 e. The van der Waals surface area contributed by atoms with E-state index in [-0.39, 0.29) is 0 Å². The molecular weight excluding hydrogens is 310 g/mol. The van der Waals surface area contributed by atoms with E-state index in [1.54, 1.807) is 0 Å². The van der Waals surface area contributed by atoms with Gasteiger partial charge in [-0.25, -0.2) is 0 Å². The summed E-state index contributed by atoms with van der Waals surface area (Å²) in [5.74, 6) is 1.14. The Hall–Kier alpha value is -0.810. The number of unbranched alkanes of at least 4 members (excludes halogenated alkanes) is 1. The summed E-state index contributed by atoms with van der Waals surface area (Å²) in [5.41, 5.74) is 0.623. The molecule has 5 nitrogen and oxygen atoms in total. The Kier molecular flexibility index (Phi) is 7.00. The summed E-state index contributed by atoms with van der Waals surface area (Å²) < 4.78 is 0. The van der Waals surface area contributed by atoms with Crippen LogP contribution in [0.1, 0.15) is 51.9 Å². The van der Waals surface area contributed by atoms with Crippen molar-refractivity contribution in [3.63, 3.8) is 0 Å². The van der Waals surface area contributed by atoms with Crippen molar-refractivity contribution in [1.82, 2.24) is 20.0 Å². The standard InChI is InChI=1S/C20H39N5/c1-3-23-14-16-24(17-15-23)12-7-6-11-22-19(21-2)25-13-10-20(18-25)8-4-5-9-20/h3-18H2,1-2H3,(H,21,22). The minimum absolute atomic E-state index is 0.623. The zero-order chi connectivity index (χ0) is 17.5. The first-order chi connectivity index (χ1) is 12.2. The van der Waals surface area contributed by atoms with E-state index in [9.17, 15) is 0 Å². The fourth-order valence-electron chi connectivity index (χ4n) is 4.97. The van der Waals surface area contributed by atoms with Gasteiger partial charge in [-0.2, -0.15) is 0 Å². The first-order valence-corrected chi connectivity index (χ1v) is 10.6. The number of piperazine rings is 1. The van der Waals surface area contributed by atoms with Gasteiger partial charge in [-0.1, -0.05) is 19.8 Å². The molecule has 1 spiro atoms. The average molecular weight is 350 g/mol. The van der Waals surface area contributed by atoms with E-state index in [2.05, 4.69) is 31.9 Å². The maximum absolute atomic E-state index is 4.55. The smallest absolute Gasteiger partial charge is 0.193 e. The van der Waals surface area contributed by atoms with Crippen molar-refractivity contribution in [2.45, 2.75) is 51.9 Å². The van der Waals surface area contributed by atoms with Crippen LogP contribution in [0.2, 0.25) is 0 Å². The lowest BCUT2D eigenvalue weighted by molar-refractivity contribution is 0.136. The van der Waals surface area contributed by atoms with Crippen molar-refractivity contribution in [3.05, 3.63) is 0 Å². The Bertz CT molecular complexity index is 422. The van der Waals surface area contributed by atoms with Crippen molar-refractivity contribution in [2.24, 2.45) is 10.4 Å². The van der Waals surface area contributed by atoms with Crippen molar-refractivity contribution in [1.29, 1.82) is 0 Å². The van der Waals surface area contributed by atoms with Gasteiger partial charge in [0, 0.05) is 52.9 Å². The van der Waals surface area contributed by atoms with Crippen molar-refractivity contribution >= 4 is 5.96 Å². The number of likely N-dealkylation sites (tertiary alicyclic amines) is 1. The van der Waals surface area contributed by atoms with E-state index >= 15 is 0 Å². The zero-order valence-electron chi connectivity index (χ0n) is 16.6. The number of nitrogens with one attached hydrogen (secondary N) is 1. The van der Waals surface area contributed by atoms with Gasteiger partial charge in [0.15, 0.2) is 5.96 Å². The third kappa shape index (κ3) is 5.10. The molecule has 1 N–H and O–H groups in total. The molecule has 3 aliphatic rings. The molecule has 0 aromatic carbocycles. The van der Waals surface area contributed by atoms with Gasteiger partial charge >= 0.3 is 0 Å². The third-order valence-electron chi connectivity index (χ3n) is 6.71. The quantitative estimate of drug-likeness (QED) is 0.453. The molecule has 0 aromatic heterocycles. The molecule has 3 fully saturated rings. The Morgan fingerprint density at radius 1 is 0.960 bits per heavy atom. The molecule has 0 aromatic rings. The van der Waals surface area contributed by atoms with Gasteiger partial charge in [-0.05, 0) is 50.6 Å². The molecule has 0 bridgehead atoms. The monoisotopic (exact) mass is 349 g/mol. The minimum atomic E-state index is 0.623. The molecule has 2 saturated heterocycles. The highest BCUT2D eigenvalue weighted by atomic mass is 15.3. The van der Waals surface area contributed by atoms with Crippen LogP contribution >= 0.6 is 0 Å². The number of rotatable bonds is 6. The molecule has 1 saturated carbocycles. The molecule has 2 aliphatic heterocycles. The van der Waals surface area contributed by atoms with Gasteiger partial charge in [0.1, 0.15) is 0 Å². The van der Waals surface area contributed by atoms with Gasteiger partial charge in [-0.15, -0.1) is 0 Å². The number of hydrogen-bond donors (Lipinski definition) is 1. The molecule has 0 radical (unpaired) electrons. The number of guanidine groups is 1. The molecule has 144 valence electrons. The molecule has 0 amide bonds. The molecule has 5 heteroatoms. The van der Waals surface area contributed by atoms with E-state index in [1.165, 1.54) is 97.3 Å². The van der Waals surface area contributed by atoms with Gasteiger partial charge in [0.05, 0.1) is 0 Å². The summed E-state index contributed by atoms with van der Waals surface area (Å²) in [4.78, 5) is 12.2. The third-order valence-corrected chi connectivity index (χ3v) is 6.71. The SMILES string of the molecule is CCN1CCN(CCCCNC(=NC)N2CCC3(CCCC3)C2)CC1. The Balaban J connectivity index is 1.29. The second-order valence-electron chi connectivity index (χ2n) is 8.34. The lowest BCUT2D eigenvalue weighted by Crippen LogP contribution is -2.46. The van der Waals surface area contributed by atoms with Gasteiger partial charge in [0.25, 0.3) is 0 Å². The highest BCUT2D eigenvalue weighted by Gasteiger charge is 2.40. The summed E-state index contributed by atoms with van der Waals surface area (Å²) in [6, 6.07) is 0. The van der Waals surface area contributed by atoms with Crippen LogP contribution in [0.15, 0.2) is 4.99 Å². The molecule has 0 atom stereocenters.